The molecule has 0 saturated carbocycles. The van der Waals surface area contributed by atoms with Crippen molar-refractivity contribution < 1.29 is 14.3 Å². The van der Waals surface area contributed by atoms with Gasteiger partial charge in [0.15, 0.2) is 0 Å². The molecule has 0 radical (unpaired) electrons. The van der Waals surface area contributed by atoms with Crippen LogP contribution < -0.4 is 0 Å². The highest BCUT2D eigenvalue weighted by atomic mass is 16.7. The Morgan fingerprint density at radius 1 is 1.36 bits per heavy atom. The SMILES string of the molecule is CC(C)OC(=O)OC1CCN(C)CC1. The van der Waals surface area contributed by atoms with Crippen LogP contribution in [0, 0.1) is 0 Å². The van der Waals surface area contributed by atoms with Crippen LogP contribution in [0.2, 0.25) is 0 Å². The van der Waals surface area contributed by atoms with Crippen molar-refractivity contribution in [1.82, 2.24) is 4.90 Å². The minimum absolute atomic E-state index is 0.0393. The van der Waals surface area contributed by atoms with Gasteiger partial charge in [-0.3, -0.25) is 0 Å². The zero-order valence-corrected chi connectivity index (χ0v) is 9.16. The number of piperidine rings is 1. The normalized spacial score (nSPS) is 19.7. The van der Waals surface area contributed by atoms with E-state index in [1.807, 2.05) is 13.8 Å². The molecule has 1 rings (SSSR count). The topological polar surface area (TPSA) is 38.8 Å². The summed E-state index contributed by atoms with van der Waals surface area (Å²) in [4.78, 5) is 13.4. The maximum absolute atomic E-state index is 11.1. The molecule has 0 aromatic rings. The van der Waals surface area contributed by atoms with Gasteiger partial charge in [-0.15, -0.1) is 0 Å². The third-order valence-electron chi connectivity index (χ3n) is 2.26. The van der Waals surface area contributed by atoms with Crippen LogP contribution in [-0.2, 0) is 9.47 Å². The quantitative estimate of drug-likeness (QED) is 0.637. The van der Waals surface area contributed by atoms with Crippen LogP contribution in [0.25, 0.3) is 0 Å². The largest absolute Gasteiger partial charge is 0.508 e. The fourth-order valence-electron chi connectivity index (χ4n) is 1.46. The van der Waals surface area contributed by atoms with Gasteiger partial charge in [0.25, 0.3) is 0 Å². The van der Waals surface area contributed by atoms with E-state index in [0.717, 1.165) is 25.9 Å². The maximum atomic E-state index is 11.1. The summed E-state index contributed by atoms with van der Waals surface area (Å²) < 4.78 is 10.1. The van der Waals surface area contributed by atoms with Crippen LogP contribution in [0.3, 0.4) is 0 Å². The molecule has 82 valence electrons. The molecule has 0 aromatic carbocycles. The summed E-state index contributed by atoms with van der Waals surface area (Å²) in [5, 5.41) is 0. The molecule has 1 aliphatic rings. The lowest BCUT2D eigenvalue weighted by molar-refractivity contribution is -0.0100. The summed E-state index contributed by atoms with van der Waals surface area (Å²) in [6.45, 7) is 5.60. The molecular formula is C10H19NO3. The summed E-state index contributed by atoms with van der Waals surface area (Å²) in [6, 6.07) is 0. The van der Waals surface area contributed by atoms with Crippen molar-refractivity contribution in [2.45, 2.75) is 38.9 Å². The Hall–Kier alpha value is -0.770. The van der Waals surface area contributed by atoms with Gasteiger partial charge >= 0.3 is 6.16 Å². The molecule has 0 aromatic heterocycles. The van der Waals surface area contributed by atoms with Gasteiger partial charge in [-0.2, -0.15) is 0 Å². The van der Waals surface area contributed by atoms with Crippen LogP contribution in [0.1, 0.15) is 26.7 Å². The Labute approximate surface area is 85.2 Å². The van der Waals surface area contributed by atoms with Gasteiger partial charge < -0.3 is 14.4 Å². The first-order chi connectivity index (χ1) is 6.58. The average Bonchev–Trinajstić information content (AvgIpc) is 2.07. The van der Waals surface area contributed by atoms with E-state index in [2.05, 4.69) is 11.9 Å². The zero-order chi connectivity index (χ0) is 10.6. The minimum atomic E-state index is -0.533. The molecule has 1 saturated heterocycles. The first-order valence-corrected chi connectivity index (χ1v) is 5.13. The Kier molecular flexibility index (Phi) is 4.20. The van der Waals surface area contributed by atoms with Crippen LogP contribution >= 0.6 is 0 Å². The standard InChI is InChI=1S/C10H19NO3/c1-8(2)13-10(12)14-9-4-6-11(3)7-5-9/h8-9H,4-7H2,1-3H3. The Morgan fingerprint density at radius 2 is 1.93 bits per heavy atom. The summed E-state index contributed by atoms with van der Waals surface area (Å²) in [7, 11) is 2.07. The van der Waals surface area contributed by atoms with Crippen molar-refractivity contribution in [2.24, 2.45) is 0 Å². The summed E-state index contributed by atoms with van der Waals surface area (Å²) in [5.74, 6) is 0. The minimum Gasteiger partial charge on any atom is -0.432 e. The Bertz CT molecular complexity index is 186. The average molecular weight is 201 g/mol. The van der Waals surface area contributed by atoms with Crippen LogP contribution in [0.4, 0.5) is 4.79 Å². The molecule has 0 unspecified atom stereocenters. The van der Waals surface area contributed by atoms with E-state index in [1.54, 1.807) is 0 Å². The first kappa shape index (κ1) is 11.3. The Balaban J connectivity index is 2.20. The summed E-state index contributed by atoms with van der Waals surface area (Å²) in [6.07, 6.45) is 1.22. The van der Waals surface area contributed by atoms with Crippen molar-refractivity contribution in [2.75, 3.05) is 20.1 Å². The smallest absolute Gasteiger partial charge is 0.432 e. The molecule has 0 atom stereocenters. The number of rotatable bonds is 2. The molecular weight excluding hydrogens is 182 g/mol. The third kappa shape index (κ3) is 3.96. The van der Waals surface area contributed by atoms with Crippen LogP contribution in [0.5, 0.6) is 0 Å². The van der Waals surface area contributed by atoms with E-state index < -0.39 is 6.16 Å². The van der Waals surface area contributed by atoms with Crippen LogP contribution in [-0.4, -0.2) is 43.4 Å². The van der Waals surface area contributed by atoms with E-state index in [1.165, 1.54) is 0 Å². The number of carbonyl (C=O) groups is 1. The number of nitrogens with zero attached hydrogens (tertiary/aromatic N) is 1. The third-order valence-corrected chi connectivity index (χ3v) is 2.26. The number of hydrogen-bond acceptors (Lipinski definition) is 4. The van der Waals surface area contributed by atoms with E-state index in [9.17, 15) is 4.79 Å². The highest BCUT2D eigenvalue weighted by molar-refractivity contribution is 5.60. The molecule has 4 nitrogen and oxygen atoms in total. The lowest BCUT2D eigenvalue weighted by atomic mass is 10.1. The molecule has 0 bridgehead atoms. The number of hydrogen-bond donors (Lipinski definition) is 0. The van der Waals surface area contributed by atoms with Crippen molar-refractivity contribution in [3.8, 4) is 0 Å². The molecule has 14 heavy (non-hydrogen) atoms. The molecule has 4 heteroatoms. The van der Waals surface area contributed by atoms with Gasteiger partial charge in [-0.1, -0.05) is 0 Å². The fourth-order valence-corrected chi connectivity index (χ4v) is 1.46. The van der Waals surface area contributed by atoms with Gasteiger partial charge in [0.2, 0.25) is 0 Å². The molecule has 0 aliphatic carbocycles. The molecule has 1 aliphatic heterocycles. The van der Waals surface area contributed by atoms with Gasteiger partial charge in [-0.25, -0.2) is 4.79 Å². The molecule has 0 spiro atoms. The predicted octanol–water partition coefficient (Wildman–Crippen LogP) is 1.64. The second-order valence-corrected chi connectivity index (χ2v) is 4.04. The van der Waals surface area contributed by atoms with Crippen molar-refractivity contribution in [3.63, 3.8) is 0 Å². The number of carbonyl (C=O) groups excluding carboxylic acids is 1. The van der Waals surface area contributed by atoms with Gasteiger partial charge in [-0.05, 0) is 33.7 Å². The van der Waals surface area contributed by atoms with Crippen LogP contribution in [0.15, 0.2) is 0 Å². The highest BCUT2D eigenvalue weighted by Gasteiger charge is 2.21. The lowest BCUT2D eigenvalue weighted by Crippen LogP contribution is -2.35. The summed E-state index contributed by atoms with van der Waals surface area (Å²) in [5.41, 5.74) is 0. The highest BCUT2D eigenvalue weighted by Crippen LogP contribution is 2.13. The van der Waals surface area contributed by atoms with Crippen molar-refractivity contribution in [3.05, 3.63) is 0 Å². The lowest BCUT2D eigenvalue weighted by Gasteiger charge is -2.28. The molecule has 1 heterocycles. The van der Waals surface area contributed by atoms with E-state index in [-0.39, 0.29) is 12.2 Å². The zero-order valence-electron chi connectivity index (χ0n) is 9.16. The van der Waals surface area contributed by atoms with E-state index >= 15 is 0 Å². The summed E-state index contributed by atoms with van der Waals surface area (Å²) >= 11 is 0. The molecule has 1 fully saturated rings. The molecule has 0 N–H and O–H groups in total. The van der Waals surface area contributed by atoms with E-state index in [4.69, 9.17) is 9.47 Å². The van der Waals surface area contributed by atoms with Gasteiger partial charge in [0.1, 0.15) is 6.10 Å². The first-order valence-electron chi connectivity index (χ1n) is 5.13. The second kappa shape index (κ2) is 5.20. The monoisotopic (exact) mass is 201 g/mol. The Morgan fingerprint density at radius 3 is 2.43 bits per heavy atom. The number of ether oxygens (including phenoxy) is 2. The predicted molar refractivity (Wildman–Crippen MR) is 53.2 cm³/mol. The van der Waals surface area contributed by atoms with Crippen molar-refractivity contribution in [1.29, 1.82) is 0 Å². The molecule has 0 amide bonds. The maximum Gasteiger partial charge on any atom is 0.508 e. The van der Waals surface area contributed by atoms with Crippen molar-refractivity contribution >= 4 is 6.16 Å². The fraction of sp³-hybridized carbons (Fsp3) is 0.900. The van der Waals surface area contributed by atoms with Gasteiger partial charge in [0.05, 0.1) is 6.10 Å². The second-order valence-electron chi connectivity index (χ2n) is 4.04. The van der Waals surface area contributed by atoms with E-state index in [0.29, 0.717) is 0 Å². The van der Waals surface area contributed by atoms with Gasteiger partial charge in [0, 0.05) is 13.1 Å². The number of likely N-dealkylation sites (tertiary alicyclic amines) is 1.